The number of hydrogen-bond donors (Lipinski definition) is 0. The smallest absolute Gasteiger partial charge is 0.231 e. The van der Waals surface area contributed by atoms with Crippen LogP contribution in [0.25, 0.3) is 5.70 Å². The summed E-state index contributed by atoms with van der Waals surface area (Å²) in [5, 5.41) is 0. The second-order valence-corrected chi connectivity index (χ2v) is 4.83. The summed E-state index contributed by atoms with van der Waals surface area (Å²) in [6, 6.07) is 4.31. The van der Waals surface area contributed by atoms with Crippen LogP contribution in [0.15, 0.2) is 18.2 Å². The number of ether oxygens (including phenoxy) is 2. The molecule has 0 atom stereocenters. The zero-order valence-corrected chi connectivity index (χ0v) is 9.74. The van der Waals surface area contributed by atoms with E-state index in [9.17, 15) is 0 Å². The van der Waals surface area contributed by atoms with Crippen LogP contribution >= 0.6 is 0 Å². The Balaban J connectivity index is 1.87. The van der Waals surface area contributed by atoms with Gasteiger partial charge in [0, 0.05) is 24.4 Å². The molecule has 4 rings (SSSR count). The van der Waals surface area contributed by atoms with Gasteiger partial charge in [-0.05, 0) is 37.0 Å². The highest BCUT2D eigenvalue weighted by Gasteiger charge is 2.26. The summed E-state index contributed by atoms with van der Waals surface area (Å²) in [5.41, 5.74) is 4.15. The molecule has 0 spiro atoms. The van der Waals surface area contributed by atoms with Crippen molar-refractivity contribution in [1.82, 2.24) is 4.90 Å². The fraction of sp³-hybridized carbons (Fsp3) is 0.429. The number of nitrogens with zero attached hydrogens (tertiary/aromatic N) is 1. The van der Waals surface area contributed by atoms with Crippen molar-refractivity contribution in [3.63, 3.8) is 0 Å². The molecule has 3 aliphatic heterocycles. The Morgan fingerprint density at radius 1 is 1.06 bits per heavy atom. The normalized spacial score (nSPS) is 20.7. The van der Waals surface area contributed by atoms with E-state index in [0.717, 1.165) is 24.5 Å². The maximum atomic E-state index is 5.48. The maximum Gasteiger partial charge on any atom is 0.231 e. The van der Waals surface area contributed by atoms with Crippen molar-refractivity contribution < 1.29 is 9.47 Å². The van der Waals surface area contributed by atoms with E-state index < -0.39 is 0 Å². The van der Waals surface area contributed by atoms with Crippen LogP contribution in [-0.4, -0.2) is 24.8 Å². The molecule has 0 aliphatic carbocycles. The molecular formula is C14H15NO2. The van der Waals surface area contributed by atoms with Crippen LogP contribution in [0.5, 0.6) is 11.5 Å². The van der Waals surface area contributed by atoms with Crippen LogP contribution in [0.3, 0.4) is 0 Å². The average Bonchev–Trinajstić information content (AvgIpc) is 2.83. The van der Waals surface area contributed by atoms with Gasteiger partial charge in [0.05, 0.1) is 0 Å². The second-order valence-electron chi connectivity index (χ2n) is 4.83. The van der Waals surface area contributed by atoms with Gasteiger partial charge >= 0.3 is 0 Å². The molecule has 3 heterocycles. The van der Waals surface area contributed by atoms with Crippen molar-refractivity contribution in [1.29, 1.82) is 0 Å². The quantitative estimate of drug-likeness (QED) is 0.682. The standard InChI is InChI=1S/C14H15NO2/c1-2-5-15-6-4-10-7-13-14(17-9-16-13)8-11(10)12(15)3-1/h3,7-8H,1-2,4-6,9H2. The van der Waals surface area contributed by atoms with Gasteiger partial charge in [0.1, 0.15) is 0 Å². The fourth-order valence-electron chi connectivity index (χ4n) is 2.97. The van der Waals surface area contributed by atoms with E-state index in [0.29, 0.717) is 6.79 Å². The minimum absolute atomic E-state index is 0.362. The predicted molar refractivity (Wildman–Crippen MR) is 65.1 cm³/mol. The molecule has 0 bridgehead atoms. The molecule has 0 amide bonds. The van der Waals surface area contributed by atoms with Gasteiger partial charge in [0.25, 0.3) is 0 Å². The lowest BCUT2D eigenvalue weighted by Crippen LogP contribution is -2.32. The first-order chi connectivity index (χ1) is 8.42. The fourth-order valence-corrected chi connectivity index (χ4v) is 2.97. The topological polar surface area (TPSA) is 21.7 Å². The van der Waals surface area contributed by atoms with Crippen LogP contribution in [0, 0.1) is 0 Å². The molecular weight excluding hydrogens is 214 g/mol. The highest BCUT2D eigenvalue weighted by atomic mass is 16.7. The van der Waals surface area contributed by atoms with Crippen LogP contribution < -0.4 is 9.47 Å². The Bertz CT molecular complexity index is 507. The summed E-state index contributed by atoms with van der Waals surface area (Å²) in [7, 11) is 0. The SMILES string of the molecule is C1=C2c3cc4c(cc3CCN2CCC1)OCO4. The van der Waals surface area contributed by atoms with Crippen molar-refractivity contribution in [3.8, 4) is 11.5 Å². The van der Waals surface area contributed by atoms with Gasteiger partial charge < -0.3 is 14.4 Å². The molecule has 3 nitrogen and oxygen atoms in total. The lowest BCUT2D eigenvalue weighted by atomic mass is 9.93. The maximum absolute atomic E-state index is 5.48. The Morgan fingerprint density at radius 3 is 2.88 bits per heavy atom. The molecule has 0 unspecified atom stereocenters. The van der Waals surface area contributed by atoms with Crippen LogP contribution in [0.2, 0.25) is 0 Å². The van der Waals surface area contributed by atoms with Gasteiger partial charge in [-0.25, -0.2) is 0 Å². The zero-order chi connectivity index (χ0) is 11.2. The first-order valence-corrected chi connectivity index (χ1v) is 6.30. The number of fused-ring (bicyclic) bond motifs is 4. The van der Waals surface area contributed by atoms with Gasteiger partial charge in [0.15, 0.2) is 11.5 Å². The number of hydrogen-bond acceptors (Lipinski definition) is 3. The van der Waals surface area contributed by atoms with Crippen LogP contribution in [0.1, 0.15) is 24.0 Å². The summed E-state index contributed by atoms with van der Waals surface area (Å²) in [6.07, 6.45) is 5.95. The van der Waals surface area contributed by atoms with Crippen LogP contribution in [0.4, 0.5) is 0 Å². The Labute approximate surface area is 101 Å². The van der Waals surface area contributed by atoms with Gasteiger partial charge in [-0.2, -0.15) is 0 Å². The third-order valence-electron chi connectivity index (χ3n) is 3.84. The summed E-state index contributed by atoms with van der Waals surface area (Å²) < 4.78 is 10.9. The van der Waals surface area contributed by atoms with Gasteiger partial charge in [0.2, 0.25) is 6.79 Å². The molecule has 88 valence electrons. The van der Waals surface area contributed by atoms with Crippen molar-refractivity contribution in [2.45, 2.75) is 19.3 Å². The first-order valence-electron chi connectivity index (χ1n) is 6.30. The van der Waals surface area contributed by atoms with Crippen molar-refractivity contribution in [2.75, 3.05) is 19.9 Å². The Kier molecular flexibility index (Phi) is 1.89. The molecule has 0 aromatic heterocycles. The Morgan fingerprint density at radius 2 is 1.94 bits per heavy atom. The third kappa shape index (κ3) is 1.35. The lowest BCUT2D eigenvalue weighted by molar-refractivity contribution is 0.174. The first kappa shape index (κ1) is 9.40. The van der Waals surface area contributed by atoms with Gasteiger partial charge in [-0.3, -0.25) is 0 Å². The number of benzene rings is 1. The monoisotopic (exact) mass is 229 g/mol. The van der Waals surface area contributed by atoms with Crippen molar-refractivity contribution in [2.24, 2.45) is 0 Å². The molecule has 1 aromatic rings. The van der Waals surface area contributed by atoms with Gasteiger partial charge in [-0.1, -0.05) is 6.08 Å². The minimum Gasteiger partial charge on any atom is -0.454 e. The minimum atomic E-state index is 0.362. The highest BCUT2D eigenvalue weighted by molar-refractivity contribution is 5.72. The van der Waals surface area contributed by atoms with Gasteiger partial charge in [-0.15, -0.1) is 0 Å². The summed E-state index contributed by atoms with van der Waals surface area (Å²) >= 11 is 0. The van der Waals surface area contributed by atoms with E-state index >= 15 is 0 Å². The molecule has 0 saturated carbocycles. The number of allylic oxidation sites excluding steroid dienone is 1. The van der Waals surface area contributed by atoms with Crippen LogP contribution in [-0.2, 0) is 6.42 Å². The number of rotatable bonds is 0. The molecule has 0 radical (unpaired) electrons. The van der Waals surface area contributed by atoms with E-state index in [4.69, 9.17) is 9.47 Å². The van der Waals surface area contributed by atoms with E-state index in [1.807, 2.05) is 0 Å². The lowest BCUT2D eigenvalue weighted by Gasteiger charge is -2.36. The summed E-state index contributed by atoms with van der Waals surface area (Å²) in [6.45, 7) is 2.69. The molecule has 1 aromatic carbocycles. The van der Waals surface area contributed by atoms with Crippen molar-refractivity contribution in [3.05, 3.63) is 29.3 Å². The second kappa shape index (κ2) is 3.42. The molecule has 3 heteroatoms. The molecule has 17 heavy (non-hydrogen) atoms. The Hall–Kier alpha value is -1.64. The third-order valence-corrected chi connectivity index (χ3v) is 3.84. The van der Waals surface area contributed by atoms with E-state index in [2.05, 4.69) is 23.1 Å². The average molecular weight is 229 g/mol. The van der Waals surface area contributed by atoms with E-state index in [-0.39, 0.29) is 0 Å². The van der Waals surface area contributed by atoms with E-state index in [1.165, 1.54) is 36.2 Å². The molecule has 3 aliphatic rings. The molecule has 0 saturated heterocycles. The summed E-state index contributed by atoms with van der Waals surface area (Å²) in [5.74, 6) is 1.81. The molecule has 0 fully saturated rings. The predicted octanol–water partition coefficient (Wildman–Crippen LogP) is 2.41. The highest BCUT2D eigenvalue weighted by Crippen LogP contribution is 2.40. The van der Waals surface area contributed by atoms with Crippen molar-refractivity contribution >= 4 is 5.70 Å². The molecule has 0 N–H and O–H groups in total. The van der Waals surface area contributed by atoms with E-state index in [1.54, 1.807) is 0 Å². The summed E-state index contributed by atoms with van der Waals surface area (Å²) in [4.78, 5) is 2.49. The largest absolute Gasteiger partial charge is 0.454 e. The zero-order valence-electron chi connectivity index (χ0n) is 9.74.